The van der Waals surface area contributed by atoms with Crippen molar-refractivity contribution in [1.82, 2.24) is 0 Å². The summed E-state index contributed by atoms with van der Waals surface area (Å²) in [6.45, 7) is 3.82. The summed E-state index contributed by atoms with van der Waals surface area (Å²) in [6.07, 6.45) is 0. The van der Waals surface area contributed by atoms with E-state index in [4.69, 9.17) is 0 Å². The van der Waals surface area contributed by atoms with E-state index in [0.29, 0.717) is 0 Å². The van der Waals surface area contributed by atoms with Crippen LogP contribution in [0.5, 0.6) is 0 Å². The monoisotopic (exact) mass is 254 g/mol. The second-order valence-electron chi connectivity index (χ2n) is 4.54. The number of rotatable bonds is 4. The molecular formula is C16H18N2O. The van der Waals surface area contributed by atoms with Crippen LogP contribution in [0.1, 0.15) is 12.5 Å². The first-order chi connectivity index (χ1) is 9.16. The summed E-state index contributed by atoms with van der Waals surface area (Å²) in [5.74, 6) is -0.0434. The van der Waals surface area contributed by atoms with Crippen molar-refractivity contribution in [3.63, 3.8) is 0 Å². The van der Waals surface area contributed by atoms with Gasteiger partial charge >= 0.3 is 0 Å². The molecule has 0 aliphatic heterocycles. The lowest BCUT2D eigenvalue weighted by Crippen LogP contribution is -2.32. The summed E-state index contributed by atoms with van der Waals surface area (Å²) in [6, 6.07) is 17.2. The molecule has 0 aromatic heterocycles. The molecule has 0 radical (unpaired) electrons. The van der Waals surface area contributed by atoms with Crippen molar-refractivity contribution >= 4 is 17.3 Å². The Hall–Kier alpha value is -2.29. The molecule has 1 amide bonds. The molecule has 0 aliphatic rings. The molecule has 0 aliphatic carbocycles. The first kappa shape index (κ1) is 13.1. The van der Waals surface area contributed by atoms with Gasteiger partial charge in [0.15, 0.2) is 0 Å². The van der Waals surface area contributed by atoms with E-state index in [1.807, 2.05) is 68.4 Å². The Labute approximate surface area is 113 Å². The van der Waals surface area contributed by atoms with E-state index in [0.717, 1.165) is 16.9 Å². The average molecular weight is 254 g/mol. The molecule has 3 heteroatoms. The minimum atomic E-state index is -0.290. The Bertz CT molecular complexity index is 552. The molecule has 0 saturated heterocycles. The van der Waals surface area contributed by atoms with Crippen LogP contribution < -0.4 is 10.6 Å². The highest BCUT2D eigenvalue weighted by atomic mass is 16.2. The van der Waals surface area contributed by atoms with Crippen molar-refractivity contribution in [2.45, 2.75) is 19.9 Å². The van der Waals surface area contributed by atoms with Crippen molar-refractivity contribution in [3.8, 4) is 0 Å². The number of amides is 1. The van der Waals surface area contributed by atoms with Gasteiger partial charge in [-0.15, -0.1) is 0 Å². The molecule has 19 heavy (non-hydrogen) atoms. The lowest BCUT2D eigenvalue weighted by Gasteiger charge is -2.16. The normalized spacial score (nSPS) is 11.7. The predicted molar refractivity (Wildman–Crippen MR) is 79.3 cm³/mol. The SMILES string of the molecule is Cc1ccccc1NC(=O)[C@H](C)Nc1ccccc1. The maximum Gasteiger partial charge on any atom is 0.246 e. The van der Waals surface area contributed by atoms with E-state index in [1.54, 1.807) is 0 Å². The van der Waals surface area contributed by atoms with Crippen LogP contribution in [0, 0.1) is 6.92 Å². The number of para-hydroxylation sites is 2. The van der Waals surface area contributed by atoms with E-state index in [1.165, 1.54) is 0 Å². The number of carbonyl (C=O) groups excluding carboxylic acids is 1. The van der Waals surface area contributed by atoms with Crippen molar-refractivity contribution in [1.29, 1.82) is 0 Å². The Morgan fingerprint density at radius 3 is 2.32 bits per heavy atom. The first-order valence-corrected chi connectivity index (χ1v) is 6.35. The topological polar surface area (TPSA) is 41.1 Å². The second kappa shape index (κ2) is 6.05. The summed E-state index contributed by atoms with van der Waals surface area (Å²) in [5.41, 5.74) is 2.85. The van der Waals surface area contributed by atoms with Crippen LogP contribution in [0.2, 0.25) is 0 Å². The summed E-state index contributed by atoms with van der Waals surface area (Å²) in [7, 11) is 0. The van der Waals surface area contributed by atoms with Gasteiger partial charge in [0.25, 0.3) is 0 Å². The van der Waals surface area contributed by atoms with Crippen molar-refractivity contribution < 1.29 is 4.79 Å². The summed E-state index contributed by atoms with van der Waals surface area (Å²) in [4.78, 5) is 12.1. The zero-order valence-corrected chi connectivity index (χ0v) is 11.2. The molecule has 2 aromatic carbocycles. The smallest absolute Gasteiger partial charge is 0.246 e. The molecule has 0 heterocycles. The van der Waals surface area contributed by atoms with E-state index in [9.17, 15) is 4.79 Å². The molecule has 0 spiro atoms. The molecule has 1 atom stereocenters. The third-order valence-electron chi connectivity index (χ3n) is 2.95. The van der Waals surface area contributed by atoms with Crippen molar-refractivity contribution in [2.24, 2.45) is 0 Å². The second-order valence-corrected chi connectivity index (χ2v) is 4.54. The van der Waals surface area contributed by atoms with Gasteiger partial charge < -0.3 is 10.6 Å². The van der Waals surface area contributed by atoms with E-state index in [2.05, 4.69) is 10.6 Å². The van der Waals surface area contributed by atoms with Gasteiger partial charge in [-0.2, -0.15) is 0 Å². The van der Waals surface area contributed by atoms with Crippen LogP contribution in [0.15, 0.2) is 54.6 Å². The minimum absolute atomic E-state index is 0.0434. The van der Waals surface area contributed by atoms with Crippen LogP contribution in [0.4, 0.5) is 11.4 Å². The van der Waals surface area contributed by atoms with Gasteiger partial charge in [0.05, 0.1) is 0 Å². The van der Waals surface area contributed by atoms with Crippen LogP contribution in [-0.4, -0.2) is 11.9 Å². The van der Waals surface area contributed by atoms with E-state index in [-0.39, 0.29) is 11.9 Å². The number of aryl methyl sites for hydroxylation is 1. The molecule has 0 saturated carbocycles. The molecular weight excluding hydrogens is 236 g/mol. The number of carbonyl (C=O) groups is 1. The molecule has 0 bridgehead atoms. The highest BCUT2D eigenvalue weighted by Crippen LogP contribution is 2.14. The van der Waals surface area contributed by atoms with Crippen LogP contribution in [-0.2, 0) is 4.79 Å². The molecule has 3 nitrogen and oxygen atoms in total. The average Bonchev–Trinajstić information content (AvgIpc) is 2.42. The third kappa shape index (κ3) is 3.58. The maximum atomic E-state index is 12.1. The fraction of sp³-hybridized carbons (Fsp3) is 0.188. The number of hydrogen-bond acceptors (Lipinski definition) is 2. The van der Waals surface area contributed by atoms with Gasteiger partial charge in [0.1, 0.15) is 6.04 Å². The van der Waals surface area contributed by atoms with E-state index < -0.39 is 0 Å². The van der Waals surface area contributed by atoms with Crippen LogP contribution in [0.3, 0.4) is 0 Å². The fourth-order valence-electron chi connectivity index (χ4n) is 1.80. The van der Waals surface area contributed by atoms with Gasteiger partial charge in [-0.05, 0) is 37.6 Å². The Morgan fingerprint density at radius 2 is 1.63 bits per heavy atom. The number of hydrogen-bond donors (Lipinski definition) is 2. The lowest BCUT2D eigenvalue weighted by atomic mass is 10.2. The van der Waals surface area contributed by atoms with Gasteiger partial charge in [0, 0.05) is 11.4 Å². The maximum absolute atomic E-state index is 12.1. The van der Waals surface area contributed by atoms with Gasteiger partial charge in [0.2, 0.25) is 5.91 Å². The highest BCUT2D eigenvalue weighted by molar-refractivity contribution is 5.96. The molecule has 0 fully saturated rings. The molecule has 2 rings (SSSR count). The zero-order valence-electron chi connectivity index (χ0n) is 11.2. The Morgan fingerprint density at radius 1 is 1.00 bits per heavy atom. The van der Waals surface area contributed by atoms with Gasteiger partial charge in [-0.25, -0.2) is 0 Å². The van der Waals surface area contributed by atoms with E-state index >= 15 is 0 Å². The standard InChI is InChI=1S/C16H18N2O/c1-12-8-6-7-11-15(12)18-16(19)13(2)17-14-9-4-3-5-10-14/h3-11,13,17H,1-2H3,(H,18,19)/t13-/m0/s1. The number of benzene rings is 2. The molecule has 98 valence electrons. The lowest BCUT2D eigenvalue weighted by molar-refractivity contribution is -0.116. The minimum Gasteiger partial charge on any atom is -0.374 e. The fourth-order valence-corrected chi connectivity index (χ4v) is 1.80. The summed E-state index contributed by atoms with van der Waals surface area (Å²) in [5, 5.41) is 6.10. The third-order valence-corrected chi connectivity index (χ3v) is 2.95. The highest BCUT2D eigenvalue weighted by Gasteiger charge is 2.13. The Balaban J connectivity index is 1.99. The molecule has 2 N–H and O–H groups in total. The van der Waals surface area contributed by atoms with Crippen LogP contribution in [0.25, 0.3) is 0 Å². The zero-order chi connectivity index (χ0) is 13.7. The summed E-state index contributed by atoms with van der Waals surface area (Å²) < 4.78 is 0. The molecule has 2 aromatic rings. The quantitative estimate of drug-likeness (QED) is 0.877. The largest absolute Gasteiger partial charge is 0.374 e. The molecule has 0 unspecified atom stereocenters. The first-order valence-electron chi connectivity index (χ1n) is 6.35. The van der Waals surface area contributed by atoms with Crippen molar-refractivity contribution in [2.75, 3.05) is 10.6 Å². The van der Waals surface area contributed by atoms with Crippen LogP contribution >= 0.6 is 0 Å². The van der Waals surface area contributed by atoms with Crippen molar-refractivity contribution in [3.05, 3.63) is 60.2 Å². The summed E-state index contributed by atoms with van der Waals surface area (Å²) >= 11 is 0. The van der Waals surface area contributed by atoms with Gasteiger partial charge in [-0.1, -0.05) is 36.4 Å². The Kier molecular flexibility index (Phi) is 4.18. The number of nitrogens with one attached hydrogen (secondary N) is 2. The predicted octanol–water partition coefficient (Wildman–Crippen LogP) is 3.43. The number of anilines is 2. The van der Waals surface area contributed by atoms with Gasteiger partial charge in [-0.3, -0.25) is 4.79 Å².